The van der Waals surface area contributed by atoms with E-state index >= 15 is 0 Å². The fourth-order valence-electron chi connectivity index (χ4n) is 4.20. The van der Waals surface area contributed by atoms with Crippen LogP contribution < -0.4 is 4.74 Å². The number of benzene rings is 3. The first-order chi connectivity index (χ1) is 15.5. The second-order valence-electron chi connectivity index (χ2n) is 8.27. The van der Waals surface area contributed by atoms with E-state index in [2.05, 4.69) is 48.3 Å². The molecule has 4 rings (SSSR count). The number of carbonyl (C=O) groups is 1. The van der Waals surface area contributed by atoms with Gasteiger partial charge in [0.2, 0.25) is 0 Å². The minimum absolute atomic E-state index is 0.00283. The first kappa shape index (κ1) is 21.7. The van der Waals surface area contributed by atoms with E-state index in [1.807, 2.05) is 62.2 Å². The Morgan fingerprint density at radius 2 is 1.72 bits per heavy atom. The van der Waals surface area contributed by atoms with Crippen LogP contribution in [-0.2, 0) is 4.79 Å². The molecule has 164 valence electrons. The third kappa shape index (κ3) is 4.26. The number of carbonyl (C=O) groups excluding carboxylic acids is 1. The van der Waals surface area contributed by atoms with Crippen LogP contribution in [0.25, 0.3) is 10.9 Å². The lowest BCUT2D eigenvalue weighted by atomic mass is 9.95. The Labute approximate surface area is 189 Å². The zero-order valence-corrected chi connectivity index (χ0v) is 19.2. The molecular weight excluding hydrogens is 396 g/mol. The Morgan fingerprint density at radius 1 is 0.969 bits per heavy atom. The van der Waals surface area contributed by atoms with Crippen LogP contribution >= 0.6 is 0 Å². The zero-order valence-electron chi connectivity index (χ0n) is 19.2. The smallest absolute Gasteiger partial charge is 0.261 e. The maximum absolute atomic E-state index is 13.4. The maximum atomic E-state index is 13.4. The van der Waals surface area contributed by atoms with Gasteiger partial charge < -0.3 is 14.6 Å². The summed E-state index contributed by atoms with van der Waals surface area (Å²) in [5.41, 5.74) is 6.65. The molecule has 0 fully saturated rings. The molecule has 4 aromatic rings. The van der Waals surface area contributed by atoms with Crippen LogP contribution in [0.4, 0.5) is 0 Å². The Morgan fingerprint density at radius 3 is 2.47 bits per heavy atom. The summed E-state index contributed by atoms with van der Waals surface area (Å²) in [4.78, 5) is 18.7. The highest BCUT2D eigenvalue weighted by molar-refractivity contribution is 5.86. The molecule has 4 heteroatoms. The molecule has 1 amide bonds. The molecule has 1 aromatic heterocycles. The van der Waals surface area contributed by atoms with Crippen LogP contribution in [0, 0.1) is 20.8 Å². The predicted octanol–water partition coefficient (Wildman–Crippen LogP) is 6.11. The number of rotatable bonds is 7. The van der Waals surface area contributed by atoms with Gasteiger partial charge in [-0.2, -0.15) is 0 Å². The van der Waals surface area contributed by atoms with Gasteiger partial charge in [0.15, 0.2) is 6.61 Å². The topological polar surface area (TPSA) is 45.3 Å². The molecule has 0 bridgehead atoms. The van der Waals surface area contributed by atoms with Gasteiger partial charge in [0.25, 0.3) is 5.91 Å². The van der Waals surface area contributed by atoms with Crippen LogP contribution in [0.1, 0.15) is 40.8 Å². The molecule has 0 spiro atoms. The second kappa shape index (κ2) is 9.31. The summed E-state index contributed by atoms with van der Waals surface area (Å²) in [5.74, 6) is 0.720. The SMILES string of the molecule is CCN(C(=O)COc1cccc(C)c1C)[C@@H](c1ccc(C)cc1)c1c[nH]c2ccccc12. The number of nitrogens with zero attached hydrogens (tertiary/aromatic N) is 1. The molecule has 0 aliphatic rings. The van der Waals surface area contributed by atoms with Crippen molar-refractivity contribution >= 4 is 16.8 Å². The maximum Gasteiger partial charge on any atom is 0.261 e. The zero-order chi connectivity index (χ0) is 22.7. The van der Waals surface area contributed by atoms with Crippen LogP contribution in [0.2, 0.25) is 0 Å². The van der Waals surface area contributed by atoms with Crippen molar-refractivity contribution < 1.29 is 9.53 Å². The third-order valence-corrected chi connectivity index (χ3v) is 6.19. The third-order valence-electron chi connectivity index (χ3n) is 6.19. The molecule has 1 heterocycles. The van der Waals surface area contributed by atoms with E-state index in [4.69, 9.17) is 4.74 Å². The molecule has 1 N–H and O–H groups in total. The number of nitrogens with one attached hydrogen (secondary N) is 1. The van der Waals surface area contributed by atoms with Crippen molar-refractivity contribution in [3.8, 4) is 5.75 Å². The number of para-hydroxylation sites is 1. The minimum atomic E-state index is -0.202. The quantitative estimate of drug-likeness (QED) is 0.387. The van der Waals surface area contributed by atoms with Gasteiger partial charge in [0.1, 0.15) is 5.75 Å². The van der Waals surface area contributed by atoms with Crippen molar-refractivity contribution in [1.29, 1.82) is 0 Å². The Kier molecular flexibility index (Phi) is 6.31. The summed E-state index contributed by atoms with van der Waals surface area (Å²) in [5, 5.41) is 1.12. The summed E-state index contributed by atoms with van der Waals surface area (Å²) in [6.07, 6.45) is 2.02. The van der Waals surface area contributed by atoms with E-state index in [1.165, 1.54) is 5.56 Å². The first-order valence-electron chi connectivity index (χ1n) is 11.1. The van der Waals surface area contributed by atoms with Gasteiger partial charge in [-0.1, -0.05) is 60.2 Å². The Bertz CT molecular complexity index is 1220. The molecule has 0 saturated carbocycles. The monoisotopic (exact) mass is 426 g/mol. The van der Waals surface area contributed by atoms with E-state index in [0.717, 1.165) is 38.9 Å². The molecule has 32 heavy (non-hydrogen) atoms. The van der Waals surface area contributed by atoms with Crippen molar-refractivity contribution in [2.45, 2.75) is 33.7 Å². The number of fused-ring (bicyclic) bond motifs is 1. The van der Waals surface area contributed by atoms with Gasteiger partial charge in [-0.25, -0.2) is 0 Å². The normalized spacial score (nSPS) is 12.0. The second-order valence-corrected chi connectivity index (χ2v) is 8.27. The largest absolute Gasteiger partial charge is 0.483 e. The molecule has 3 aromatic carbocycles. The van der Waals surface area contributed by atoms with Gasteiger partial charge in [-0.3, -0.25) is 4.79 Å². The summed E-state index contributed by atoms with van der Waals surface area (Å²) < 4.78 is 5.97. The van der Waals surface area contributed by atoms with Gasteiger partial charge in [-0.15, -0.1) is 0 Å². The summed E-state index contributed by atoms with van der Waals surface area (Å²) >= 11 is 0. The minimum Gasteiger partial charge on any atom is -0.483 e. The number of aromatic nitrogens is 1. The van der Waals surface area contributed by atoms with Gasteiger partial charge >= 0.3 is 0 Å². The first-order valence-corrected chi connectivity index (χ1v) is 11.1. The van der Waals surface area contributed by atoms with Gasteiger partial charge in [0, 0.05) is 29.2 Å². The number of aromatic amines is 1. The van der Waals surface area contributed by atoms with Gasteiger partial charge in [0.05, 0.1) is 6.04 Å². The van der Waals surface area contributed by atoms with Crippen molar-refractivity contribution in [3.63, 3.8) is 0 Å². The number of amides is 1. The molecule has 0 saturated heterocycles. The molecule has 0 aliphatic heterocycles. The Hall–Kier alpha value is -3.53. The van der Waals surface area contributed by atoms with Crippen molar-refractivity contribution in [3.05, 3.63) is 101 Å². The molecule has 4 nitrogen and oxygen atoms in total. The predicted molar refractivity (Wildman–Crippen MR) is 130 cm³/mol. The van der Waals surface area contributed by atoms with Crippen molar-refractivity contribution in [2.75, 3.05) is 13.2 Å². The van der Waals surface area contributed by atoms with E-state index < -0.39 is 0 Å². The fraction of sp³-hybridized carbons (Fsp3) is 0.250. The molecular formula is C28H30N2O2. The highest BCUT2D eigenvalue weighted by Crippen LogP contribution is 2.34. The van der Waals surface area contributed by atoms with Crippen LogP contribution in [0.5, 0.6) is 5.75 Å². The summed E-state index contributed by atoms with van der Waals surface area (Å²) in [6, 6.07) is 22.4. The van der Waals surface area contributed by atoms with Crippen LogP contribution in [0.3, 0.4) is 0 Å². The number of aryl methyl sites for hydroxylation is 2. The molecule has 0 radical (unpaired) electrons. The van der Waals surface area contributed by atoms with Crippen molar-refractivity contribution in [2.24, 2.45) is 0 Å². The number of hydrogen-bond acceptors (Lipinski definition) is 2. The number of hydrogen-bond donors (Lipinski definition) is 1. The molecule has 1 atom stereocenters. The highest BCUT2D eigenvalue weighted by Gasteiger charge is 2.28. The molecule has 0 unspecified atom stereocenters. The average Bonchev–Trinajstić information content (AvgIpc) is 3.22. The van der Waals surface area contributed by atoms with E-state index in [1.54, 1.807) is 0 Å². The highest BCUT2D eigenvalue weighted by atomic mass is 16.5. The van der Waals surface area contributed by atoms with Gasteiger partial charge in [-0.05, 0) is 56.5 Å². The van der Waals surface area contributed by atoms with E-state index in [0.29, 0.717) is 6.54 Å². The van der Waals surface area contributed by atoms with Crippen molar-refractivity contribution in [1.82, 2.24) is 9.88 Å². The molecule has 0 aliphatic carbocycles. The Balaban J connectivity index is 1.69. The number of likely N-dealkylation sites (N-methyl/N-ethyl adjacent to an activating group) is 1. The van der Waals surface area contributed by atoms with E-state index in [9.17, 15) is 4.79 Å². The number of ether oxygens (including phenoxy) is 1. The lowest BCUT2D eigenvalue weighted by molar-refractivity contribution is -0.134. The fourth-order valence-corrected chi connectivity index (χ4v) is 4.20. The lowest BCUT2D eigenvalue weighted by Gasteiger charge is -2.31. The van der Waals surface area contributed by atoms with Crippen LogP contribution in [0.15, 0.2) is 72.9 Å². The lowest BCUT2D eigenvalue weighted by Crippen LogP contribution is -2.38. The van der Waals surface area contributed by atoms with Crippen LogP contribution in [-0.4, -0.2) is 28.9 Å². The average molecular weight is 427 g/mol. The number of H-pyrrole nitrogens is 1. The summed E-state index contributed by atoms with van der Waals surface area (Å²) in [6.45, 7) is 8.74. The summed E-state index contributed by atoms with van der Waals surface area (Å²) in [7, 11) is 0. The van der Waals surface area contributed by atoms with E-state index in [-0.39, 0.29) is 18.6 Å². The standard InChI is InChI=1S/C28H30N2O2/c1-5-30(27(31)18-32-26-12-8-9-20(3)21(26)4)28(22-15-13-19(2)14-16-22)24-17-29-25-11-7-6-10-23(24)25/h6-17,28-29H,5,18H2,1-4H3/t28-/m0/s1.